The van der Waals surface area contributed by atoms with E-state index in [2.05, 4.69) is 15.6 Å². The molecule has 5 nitrogen and oxygen atoms in total. The highest BCUT2D eigenvalue weighted by atomic mass is 35.5. The lowest BCUT2D eigenvalue weighted by Crippen LogP contribution is -2.47. The fourth-order valence-corrected chi connectivity index (χ4v) is 2.92. The van der Waals surface area contributed by atoms with Crippen LogP contribution in [0.15, 0.2) is 42.7 Å². The number of hydrogen-bond acceptors (Lipinski definition) is 3. The van der Waals surface area contributed by atoms with Gasteiger partial charge >= 0.3 is 0 Å². The van der Waals surface area contributed by atoms with Crippen molar-refractivity contribution in [3.63, 3.8) is 0 Å². The fourth-order valence-electron chi connectivity index (χ4n) is 2.43. The van der Waals surface area contributed by atoms with Crippen LogP contribution in [0.1, 0.15) is 36.2 Å². The number of carbonyl (C=O) groups is 2. The molecule has 2 rings (SSSR count). The molecule has 2 aromatic rings. The first-order chi connectivity index (χ1) is 12.4. The third-order valence-electron chi connectivity index (χ3n) is 3.69. The lowest BCUT2D eigenvalue weighted by atomic mass is 10.0. The van der Waals surface area contributed by atoms with E-state index in [-0.39, 0.29) is 22.4 Å². The Morgan fingerprint density at radius 2 is 1.96 bits per heavy atom. The Kier molecular flexibility index (Phi) is 7.42. The number of hydrogen-bond donors (Lipinski definition) is 2. The topological polar surface area (TPSA) is 71.1 Å². The lowest BCUT2D eigenvalue weighted by Gasteiger charge is -2.20. The van der Waals surface area contributed by atoms with Gasteiger partial charge in [-0.3, -0.25) is 14.6 Å². The van der Waals surface area contributed by atoms with E-state index in [1.54, 1.807) is 30.6 Å². The van der Waals surface area contributed by atoms with Gasteiger partial charge in [-0.1, -0.05) is 43.1 Å². The number of aromatic nitrogens is 1. The molecule has 2 N–H and O–H groups in total. The van der Waals surface area contributed by atoms with Crippen LogP contribution >= 0.6 is 23.2 Å². The maximum absolute atomic E-state index is 12.6. The first-order valence-corrected chi connectivity index (χ1v) is 9.05. The van der Waals surface area contributed by atoms with Crippen LogP contribution in [0.25, 0.3) is 0 Å². The fraction of sp³-hybridized carbons (Fsp3) is 0.316. The maximum Gasteiger partial charge on any atom is 0.253 e. The van der Waals surface area contributed by atoms with E-state index in [0.717, 1.165) is 5.56 Å². The molecule has 0 aliphatic heterocycles. The minimum Gasteiger partial charge on any atom is -0.350 e. The molecule has 0 spiro atoms. The number of benzene rings is 1. The van der Waals surface area contributed by atoms with Gasteiger partial charge in [0.05, 0.1) is 10.6 Å². The molecule has 0 fully saturated rings. The summed E-state index contributed by atoms with van der Waals surface area (Å²) < 4.78 is 0. The summed E-state index contributed by atoms with van der Waals surface area (Å²) in [6.45, 7) is 4.32. The van der Waals surface area contributed by atoms with Gasteiger partial charge in [-0.05, 0) is 42.2 Å². The van der Waals surface area contributed by atoms with Crippen molar-refractivity contribution < 1.29 is 9.59 Å². The molecule has 0 bridgehead atoms. The summed E-state index contributed by atoms with van der Waals surface area (Å²) in [5.41, 5.74) is 1.17. The highest BCUT2D eigenvalue weighted by molar-refractivity contribution is 6.36. The highest BCUT2D eigenvalue weighted by Gasteiger charge is 2.23. The van der Waals surface area contributed by atoms with Gasteiger partial charge in [0.15, 0.2) is 0 Å². The molecule has 7 heteroatoms. The molecule has 0 aliphatic rings. The molecule has 2 amide bonds. The predicted octanol–water partition coefficient (Wildman–Crippen LogP) is 3.85. The molecule has 1 atom stereocenters. The molecule has 0 radical (unpaired) electrons. The Morgan fingerprint density at radius 3 is 2.58 bits per heavy atom. The molecule has 0 saturated carbocycles. The van der Waals surface area contributed by atoms with Crippen LogP contribution in [-0.4, -0.2) is 22.8 Å². The second kappa shape index (κ2) is 9.55. The smallest absolute Gasteiger partial charge is 0.253 e. The van der Waals surface area contributed by atoms with Crippen molar-refractivity contribution in [2.75, 3.05) is 0 Å². The zero-order valence-corrected chi connectivity index (χ0v) is 16.1. The van der Waals surface area contributed by atoms with Crippen LogP contribution in [0.4, 0.5) is 0 Å². The summed E-state index contributed by atoms with van der Waals surface area (Å²) in [7, 11) is 0. The van der Waals surface area contributed by atoms with Crippen LogP contribution in [-0.2, 0) is 11.3 Å². The van der Waals surface area contributed by atoms with Crippen molar-refractivity contribution in [1.29, 1.82) is 0 Å². The first-order valence-electron chi connectivity index (χ1n) is 8.29. The van der Waals surface area contributed by atoms with Gasteiger partial charge in [0, 0.05) is 24.0 Å². The maximum atomic E-state index is 12.6. The number of halogens is 2. The van der Waals surface area contributed by atoms with E-state index < -0.39 is 11.9 Å². The zero-order chi connectivity index (χ0) is 19.1. The van der Waals surface area contributed by atoms with Crippen molar-refractivity contribution in [2.45, 2.75) is 32.9 Å². The molecule has 0 saturated heterocycles. The Bertz CT molecular complexity index is 767. The second-order valence-electron chi connectivity index (χ2n) is 6.36. The Balaban J connectivity index is 2.05. The van der Waals surface area contributed by atoms with E-state index in [1.807, 2.05) is 19.9 Å². The molecule has 1 aromatic carbocycles. The van der Waals surface area contributed by atoms with Crippen LogP contribution in [0.3, 0.4) is 0 Å². The summed E-state index contributed by atoms with van der Waals surface area (Å²) in [6, 6.07) is 7.64. The second-order valence-corrected chi connectivity index (χ2v) is 7.20. The van der Waals surface area contributed by atoms with E-state index >= 15 is 0 Å². The summed E-state index contributed by atoms with van der Waals surface area (Å²) in [6.07, 6.45) is 3.86. The molecular weight excluding hydrogens is 373 g/mol. The predicted molar refractivity (Wildman–Crippen MR) is 103 cm³/mol. The van der Waals surface area contributed by atoms with Crippen LogP contribution in [0.2, 0.25) is 10.0 Å². The minimum absolute atomic E-state index is 0.227. The molecule has 1 heterocycles. The molecule has 0 aliphatic carbocycles. The van der Waals surface area contributed by atoms with Gasteiger partial charge < -0.3 is 10.6 Å². The number of carbonyl (C=O) groups excluding carboxylic acids is 2. The summed E-state index contributed by atoms with van der Waals surface area (Å²) in [5, 5.41) is 6.29. The third kappa shape index (κ3) is 6.00. The highest BCUT2D eigenvalue weighted by Crippen LogP contribution is 2.21. The lowest BCUT2D eigenvalue weighted by molar-refractivity contribution is -0.123. The molecular formula is C19H21Cl2N3O2. The number of rotatable bonds is 7. The van der Waals surface area contributed by atoms with Gasteiger partial charge in [0.1, 0.15) is 6.04 Å². The Morgan fingerprint density at radius 1 is 1.19 bits per heavy atom. The average molecular weight is 394 g/mol. The van der Waals surface area contributed by atoms with E-state index in [9.17, 15) is 9.59 Å². The summed E-state index contributed by atoms with van der Waals surface area (Å²) >= 11 is 11.9. The molecule has 0 unspecified atom stereocenters. The molecule has 138 valence electrons. The zero-order valence-electron chi connectivity index (χ0n) is 14.6. The van der Waals surface area contributed by atoms with Gasteiger partial charge in [0.2, 0.25) is 5.91 Å². The van der Waals surface area contributed by atoms with Crippen LogP contribution < -0.4 is 10.6 Å². The Labute approximate surface area is 163 Å². The average Bonchev–Trinajstić information content (AvgIpc) is 2.59. The van der Waals surface area contributed by atoms with Gasteiger partial charge in [-0.25, -0.2) is 0 Å². The van der Waals surface area contributed by atoms with E-state index in [1.165, 1.54) is 6.07 Å². The van der Waals surface area contributed by atoms with Gasteiger partial charge in [0.25, 0.3) is 5.91 Å². The number of nitrogens with one attached hydrogen (secondary N) is 2. The van der Waals surface area contributed by atoms with E-state index in [0.29, 0.717) is 18.0 Å². The number of nitrogens with zero attached hydrogens (tertiary/aromatic N) is 1. The molecule has 1 aromatic heterocycles. The summed E-state index contributed by atoms with van der Waals surface area (Å²) in [5.74, 6) is -0.431. The summed E-state index contributed by atoms with van der Waals surface area (Å²) in [4.78, 5) is 29.1. The van der Waals surface area contributed by atoms with Crippen molar-refractivity contribution in [2.24, 2.45) is 5.92 Å². The first kappa shape index (κ1) is 20.2. The van der Waals surface area contributed by atoms with Crippen molar-refractivity contribution in [3.8, 4) is 0 Å². The van der Waals surface area contributed by atoms with Gasteiger partial charge in [-0.2, -0.15) is 0 Å². The third-order valence-corrected chi connectivity index (χ3v) is 4.24. The molecule has 26 heavy (non-hydrogen) atoms. The van der Waals surface area contributed by atoms with Crippen LogP contribution in [0.5, 0.6) is 0 Å². The Hall–Kier alpha value is -2.11. The monoisotopic (exact) mass is 393 g/mol. The van der Waals surface area contributed by atoms with Gasteiger partial charge in [-0.15, -0.1) is 0 Å². The minimum atomic E-state index is -0.661. The van der Waals surface area contributed by atoms with Crippen LogP contribution in [0, 0.1) is 5.92 Å². The SMILES string of the molecule is CC(C)C[C@H](NC(=O)c1ccc(Cl)cc1Cl)C(=O)NCc1cccnc1. The van der Waals surface area contributed by atoms with Crippen molar-refractivity contribution >= 4 is 35.0 Å². The number of pyridine rings is 1. The normalized spacial score (nSPS) is 11.9. The number of amides is 2. The van der Waals surface area contributed by atoms with Crippen molar-refractivity contribution in [3.05, 3.63) is 63.9 Å². The largest absolute Gasteiger partial charge is 0.350 e. The van der Waals surface area contributed by atoms with Crippen molar-refractivity contribution in [1.82, 2.24) is 15.6 Å². The quantitative estimate of drug-likeness (QED) is 0.750. The standard InChI is InChI=1S/C19H21Cl2N3O2/c1-12(2)8-17(19(26)23-11-13-4-3-7-22-10-13)24-18(25)15-6-5-14(20)9-16(15)21/h3-7,9-10,12,17H,8,11H2,1-2H3,(H,23,26)(H,24,25)/t17-/m0/s1. The van der Waals surface area contributed by atoms with E-state index in [4.69, 9.17) is 23.2 Å².